The molecule has 4 rings (SSSR count). The lowest BCUT2D eigenvalue weighted by Crippen LogP contribution is -2.31. The summed E-state index contributed by atoms with van der Waals surface area (Å²) < 4.78 is 1.95. The van der Waals surface area contributed by atoms with Gasteiger partial charge in [-0.15, -0.1) is 0 Å². The molecule has 1 aromatic carbocycles. The molecule has 0 unspecified atom stereocenters. The van der Waals surface area contributed by atoms with E-state index in [0.29, 0.717) is 6.54 Å². The highest BCUT2D eigenvalue weighted by atomic mass is 16.1. The highest BCUT2D eigenvalue weighted by Gasteiger charge is 2.18. The zero-order valence-corrected chi connectivity index (χ0v) is 14.2. The quantitative estimate of drug-likeness (QED) is 0.800. The van der Waals surface area contributed by atoms with Crippen LogP contribution in [0.2, 0.25) is 0 Å². The van der Waals surface area contributed by atoms with Crippen molar-refractivity contribution in [1.82, 2.24) is 24.8 Å². The average molecular weight is 333 g/mol. The molecule has 1 aliphatic rings. The first kappa shape index (κ1) is 15.5. The van der Waals surface area contributed by atoms with Crippen molar-refractivity contribution in [2.45, 2.75) is 26.2 Å². The van der Waals surface area contributed by atoms with E-state index in [0.717, 1.165) is 40.4 Å². The molecule has 1 aliphatic heterocycles. The standard InChI is InChI=1S/C19H19N5O/c1-12(2)17-22-10-14(11-23-17)18-20-7-8-24(18)15-4-3-13-5-6-21-19(25)16(13)9-15/h3-4,7-12H,5-6H2,1-2H3,(H,21,25). The van der Waals surface area contributed by atoms with Gasteiger partial charge in [-0.25, -0.2) is 15.0 Å². The molecule has 3 aromatic rings. The first-order valence-electron chi connectivity index (χ1n) is 8.40. The van der Waals surface area contributed by atoms with E-state index in [2.05, 4.69) is 34.1 Å². The number of imidazole rings is 1. The number of nitrogens with one attached hydrogen (secondary N) is 1. The van der Waals surface area contributed by atoms with Crippen LogP contribution in [0.15, 0.2) is 43.0 Å². The predicted octanol–water partition coefficient (Wildman–Crippen LogP) is 2.74. The van der Waals surface area contributed by atoms with Crippen LogP contribution in [0.1, 0.15) is 41.5 Å². The Morgan fingerprint density at radius 3 is 2.72 bits per heavy atom. The first-order valence-corrected chi connectivity index (χ1v) is 8.40. The summed E-state index contributed by atoms with van der Waals surface area (Å²) in [5.41, 5.74) is 3.56. The zero-order chi connectivity index (χ0) is 17.4. The van der Waals surface area contributed by atoms with Crippen molar-refractivity contribution in [3.05, 3.63) is 59.9 Å². The number of amides is 1. The highest BCUT2D eigenvalue weighted by molar-refractivity contribution is 5.97. The van der Waals surface area contributed by atoms with Crippen LogP contribution in [0.5, 0.6) is 0 Å². The van der Waals surface area contributed by atoms with E-state index in [1.165, 1.54) is 0 Å². The van der Waals surface area contributed by atoms with E-state index in [1.54, 1.807) is 18.6 Å². The van der Waals surface area contributed by atoms with Crippen LogP contribution in [-0.2, 0) is 6.42 Å². The van der Waals surface area contributed by atoms with E-state index in [1.807, 2.05) is 29.0 Å². The number of fused-ring (bicyclic) bond motifs is 1. The summed E-state index contributed by atoms with van der Waals surface area (Å²) >= 11 is 0. The van der Waals surface area contributed by atoms with Crippen molar-refractivity contribution in [3.63, 3.8) is 0 Å². The maximum Gasteiger partial charge on any atom is 0.251 e. The van der Waals surface area contributed by atoms with Crippen molar-refractivity contribution in [3.8, 4) is 17.1 Å². The molecule has 25 heavy (non-hydrogen) atoms. The largest absolute Gasteiger partial charge is 0.352 e. The molecule has 6 nitrogen and oxygen atoms in total. The number of hydrogen-bond donors (Lipinski definition) is 1. The van der Waals surface area contributed by atoms with Crippen LogP contribution < -0.4 is 5.32 Å². The summed E-state index contributed by atoms with van der Waals surface area (Å²) in [6.07, 6.45) is 8.08. The molecule has 0 aliphatic carbocycles. The number of carbonyl (C=O) groups is 1. The van der Waals surface area contributed by atoms with Gasteiger partial charge < -0.3 is 5.32 Å². The number of carbonyl (C=O) groups excluding carboxylic acids is 1. The van der Waals surface area contributed by atoms with Crippen molar-refractivity contribution in [2.75, 3.05) is 6.54 Å². The molecule has 0 fully saturated rings. The Balaban J connectivity index is 1.75. The van der Waals surface area contributed by atoms with E-state index in [9.17, 15) is 4.79 Å². The summed E-state index contributed by atoms with van der Waals surface area (Å²) in [5.74, 6) is 1.83. The fourth-order valence-electron chi connectivity index (χ4n) is 3.03. The SMILES string of the molecule is CC(C)c1ncc(-c2nccn2-c2ccc3c(c2)C(=O)NCC3)cn1. The normalized spacial score (nSPS) is 13.6. The number of rotatable bonds is 3. The smallest absolute Gasteiger partial charge is 0.251 e. The molecule has 0 radical (unpaired) electrons. The van der Waals surface area contributed by atoms with Gasteiger partial charge in [0, 0.05) is 48.5 Å². The van der Waals surface area contributed by atoms with Crippen molar-refractivity contribution < 1.29 is 4.79 Å². The summed E-state index contributed by atoms with van der Waals surface area (Å²) in [6.45, 7) is 4.82. The molecule has 2 aromatic heterocycles. The second kappa shape index (κ2) is 6.12. The van der Waals surface area contributed by atoms with Gasteiger partial charge in [-0.05, 0) is 24.1 Å². The maximum absolute atomic E-state index is 12.1. The molecule has 6 heteroatoms. The van der Waals surface area contributed by atoms with E-state index in [4.69, 9.17) is 0 Å². The van der Waals surface area contributed by atoms with Gasteiger partial charge in [-0.1, -0.05) is 19.9 Å². The van der Waals surface area contributed by atoms with Gasteiger partial charge in [0.05, 0.1) is 5.56 Å². The molecule has 0 spiro atoms. The third-order valence-electron chi connectivity index (χ3n) is 4.38. The fourth-order valence-corrected chi connectivity index (χ4v) is 3.03. The Labute approximate surface area is 146 Å². The molecular weight excluding hydrogens is 314 g/mol. The molecule has 126 valence electrons. The third kappa shape index (κ3) is 2.80. The van der Waals surface area contributed by atoms with Crippen LogP contribution in [-0.4, -0.2) is 32.0 Å². The monoisotopic (exact) mass is 333 g/mol. The lowest BCUT2D eigenvalue weighted by Gasteiger charge is -2.18. The molecule has 0 saturated carbocycles. The van der Waals surface area contributed by atoms with Crippen LogP contribution in [0.3, 0.4) is 0 Å². The second-order valence-electron chi connectivity index (χ2n) is 6.45. The topological polar surface area (TPSA) is 72.7 Å². The van der Waals surface area contributed by atoms with Gasteiger partial charge >= 0.3 is 0 Å². The number of aromatic nitrogens is 4. The fraction of sp³-hybridized carbons (Fsp3) is 0.263. The van der Waals surface area contributed by atoms with Gasteiger partial charge in [0.25, 0.3) is 5.91 Å². The van der Waals surface area contributed by atoms with Crippen molar-refractivity contribution >= 4 is 5.91 Å². The summed E-state index contributed by atoms with van der Waals surface area (Å²) in [4.78, 5) is 25.4. The molecular formula is C19H19N5O. The van der Waals surface area contributed by atoms with Gasteiger partial charge in [-0.2, -0.15) is 0 Å². The van der Waals surface area contributed by atoms with Crippen LogP contribution in [0.4, 0.5) is 0 Å². The van der Waals surface area contributed by atoms with Gasteiger partial charge in [0.1, 0.15) is 11.6 Å². The number of nitrogens with zero attached hydrogens (tertiary/aromatic N) is 4. The van der Waals surface area contributed by atoms with Gasteiger partial charge in [-0.3, -0.25) is 9.36 Å². The highest BCUT2D eigenvalue weighted by Crippen LogP contribution is 2.24. The number of hydrogen-bond acceptors (Lipinski definition) is 4. The molecule has 0 bridgehead atoms. The lowest BCUT2D eigenvalue weighted by atomic mass is 10.00. The molecule has 0 saturated heterocycles. The summed E-state index contributed by atoms with van der Waals surface area (Å²) in [5, 5.41) is 2.89. The Kier molecular flexibility index (Phi) is 3.80. The van der Waals surface area contributed by atoms with Crippen LogP contribution in [0.25, 0.3) is 17.1 Å². The maximum atomic E-state index is 12.1. The molecule has 3 heterocycles. The van der Waals surface area contributed by atoms with Crippen molar-refractivity contribution in [1.29, 1.82) is 0 Å². The Bertz CT molecular complexity index is 927. The van der Waals surface area contributed by atoms with Crippen molar-refractivity contribution in [2.24, 2.45) is 0 Å². The Hall–Kier alpha value is -3.02. The first-order chi connectivity index (χ1) is 12.1. The summed E-state index contributed by atoms with van der Waals surface area (Å²) in [7, 11) is 0. The van der Waals surface area contributed by atoms with E-state index in [-0.39, 0.29) is 11.8 Å². The van der Waals surface area contributed by atoms with Gasteiger partial charge in [0.15, 0.2) is 0 Å². The Morgan fingerprint density at radius 2 is 1.96 bits per heavy atom. The van der Waals surface area contributed by atoms with Crippen LogP contribution in [0, 0.1) is 0 Å². The van der Waals surface area contributed by atoms with Gasteiger partial charge in [0.2, 0.25) is 0 Å². The average Bonchev–Trinajstić information content (AvgIpc) is 3.11. The minimum absolute atomic E-state index is 0.0191. The Morgan fingerprint density at radius 1 is 1.16 bits per heavy atom. The number of benzene rings is 1. The van der Waals surface area contributed by atoms with Crippen LogP contribution >= 0.6 is 0 Å². The van der Waals surface area contributed by atoms with E-state index >= 15 is 0 Å². The summed E-state index contributed by atoms with van der Waals surface area (Å²) in [6, 6.07) is 5.95. The molecule has 1 N–H and O–H groups in total. The lowest BCUT2D eigenvalue weighted by molar-refractivity contribution is 0.0946. The molecule has 0 atom stereocenters. The third-order valence-corrected chi connectivity index (χ3v) is 4.38. The predicted molar refractivity (Wildman–Crippen MR) is 94.7 cm³/mol. The molecule has 1 amide bonds. The van der Waals surface area contributed by atoms with E-state index < -0.39 is 0 Å². The minimum Gasteiger partial charge on any atom is -0.352 e. The zero-order valence-electron chi connectivity index (χ0n) is 14.2. The minimum atomic E-state index is -0.0191. The second-order valence-corrected chi connectivity index (χ2v) is 6.45.